The van der Waals surface area contributed by atoms with Crippen LogP contribution in [0.15, 0.2) is 24.3 Å². The summed E-state index contributed by atoms with van der Waals surface area (Å²) >= 11 is 0. The maximum absolute atomic E-state index is 10.5. The molecule has 1 unspecified atom stereocenters. The van der Waals surface area contributed by atoms with Crippen molar-refractivity contribution in [3.05, 3.63) is 35.4 Å². The summed E-state index contributed by atoms with van der Waals surface area (Å²) in [6, 6.07) is 7.69. The van der Waals surface area contributed by atoms with Gasteiger partial charge in [-0.3, -0.25) is 0 Å². The third kappa shape index (κ3) is 1.58. The van der Waals surface area contributed by atoms with E-state index in [1.165, 1.54) is 19.3 Å². The molecule has 2 rings (SSSR count). The molecule has 74 valence electrons. The molecule has 2 nitrogen and oxygen atoms in total. The number of aliphatic hydroxyl groups is 1. The van der Waals surface area contributed by atoms with Crippen LogP contribution in [-0.2, 0) is 4.79 Å². The summed E-state index contributed by atoms with van der Waals surface area (Å²) < 4.78 is 0. The van der Waals surface area contributed by atoms with Crippen molar-refractivity contribution >= 4 is 6.29 Å². The van der Waals surface area contributed by atoms with E-state index in [0.717, 1.165) is 11.1 Å². The van der Waals surface area contributed by atoms with E-state index in [9.17, 15) is 9.90 Å². The first-order chi connectivity index (χ1) is 6.83. The Hall–Kier alpha value is -1.15. The van der Waals surface area contributed by atoms with Crippen molar-refractivity contribution < 1.29 is 9.90 Å². The Morgan fingerprint density at radius 3 is 2.64 bits per heavy atom. The summed E-state index contributed by atoms with van der Waals surface area (Å²) in [5.74, 6) is 0.556. The Kier molecular flexibility index (Phi) is 2.64. The molecule has 1 atom stereocenters. The van der Waals surface area contributed by atoms with Crippen LogP contribution in [0.4, 0.5) is 0 Å². The van der Waals surface area contributed by atoms with Crippen molar-refractivity contribution in [1.29, 1.82) is 0 Å². The second-order valence-corrected chi connectivity index (χ2v) is 3.84. The smallest absolute Gasteiger partial charge is 0.153 e. The Bertz CT molecular complexity index is 329. The summed E-state index contributed by atoms with van der Waals surface area (Å²) in [7, 11) is 0. The number of carbonyl (C=O) groups is 1. The second-order valence-electron chi connectivity index (χ2n) is 3.84. The van der Waals surface area contributed by atoms with E-state index in [2.05, 4.69) is 0 Å². The third-order valence-corrected chi connectivity index (χ3v) is 2.99. The van der Waals surface area contributed by atoms with Gasteiger partial charge in [-0.25, -0.2) is 0 Å². The zero-order chi connectivity index (χ0) is 9.97. The van der Waals surface area contributed by atoms with Gasteiger partial charge in [0.05, 0.1) is 0 Å². The minimum Gasteiger partial charge on any atom is -0.381 e. The lowest BCUT2D eigenvalue weighted by molar-refractivity contribution is -0.115. The van der Waals surface area contributed by atoms with E-state index in [-0.39, 0.29) is 0 Å². The fourth-order valence-corrected chi connectivity index (χ4v) is 1.94. The molecule has 0 spiro atoms. The normalized spacial score (nSPS) is 18.6. The number of carbonyl (C=O) groups excluding carboxylic acids is 1. The molecule has 0 aliphatic heterocycles. The van der Waals surface area contributed by atoms with E-state index >= 15 is 0 Å². The van der Waals surface area contributed by atoms with E-state index < -0.39 is 6.10 Å². The summed E-state index contributed by atoms with van der Waals surface area (Å²) in [5, 5.41) is 9.51. The maximum Gasteiger partial charge on any atom is 0.153 e. The van der Waals surface area contributed by atoms with Gasteiger partial charge in [0, 0.05) is 0 Å². The molecule has 14 heavy (non-hydrogen) atoms. The molecule has 0 saturated heterocycles. The topological polar surface area (TPSA) is 37.3 Å². The molecule has 0 bridgehead atoms. The van der Waals surface area contributed by atoms with Gasteiger partial charge in [0.2, 0.25) is 0 Å². The van der Waals surface area contributed by atoms with E-state index in [1.807, 2.05) is 24.3 Å². The first-order valence-corrected chi connectivity index (χ1v) is 5.05. The molecule has 1 aliphatic rings. The molecular weight excluding hydrogens is 176 g/mol. The van der Waals surface area contributed by atoms with E-state index in [1.54, 1.807) is 0 Å². The lowest BCUT2D eigenvalue weighted by atomic mass is 9.77. The van der Waals surface area contributed by atoms with Gasteiger partial charge >= 0.3 is 0 Å². The SMILES string of the molecule is O=CC(O)c1ccccc1C1CCC1. The Balaban J connectivity index is 2.32. The second kappa shape index (κ2) is 3.93. The van der Waals surface area contributed by atoms with E-state index in [4.69, 9.17) is 0 Å². The highest BCUT2D eigenvalue weighted by molar-refractivity contribution is 5.61. The molecular formula is C12H14O2. The van der Waals surface area contributed by atoms with Crippen molar-refractivity contribution in [2.75, 3.05) is 0 Å². The summed E-state index contributed by atoms with van der Waals surface area (Å²) in [4.78, 5) is 10.5. The Morgan fingerprint density at radius 2 is 2.07 bits per heavy atom. The van der Waals surface area contributed by atoms with Crippen LogP contribution in [0.1, 0.15) is 42.4 Å². The molecule has 1 aliphatic carbocycles. The Labute approximate surface area is 83.6 Å². The van der Waals surface area contributed by atoms with Crippen molar-refractivity contribution in [1.82, 2.24) is 0 Å². The van der Waals surface area contributed by atoms with Gasteiger partial charge in [0.15, 0.2) is 6.29 Å². The van der Waals surface area contributed by atoms with Crippen LogP contribution < -0.4 is 0 Å². The number of benzene rings is 1. The largest absolute Gasteiger partial charge is 0.381 e. The number of rotatable bonds is 3. The summed E-state index contributed by atoms with van der Waals surface area (Å²) in [6.45, 7) is 0. The van der Waals surface area contributed by atoms with Crippen LogP contribution in [-0.4, -0.2) is 11.4 Å². The molecule has 0 heterocycles. The molecule has 0 radical (unpaired) electrons. The molecule has 0 amide bonds. The first-order valence-electron chi connectivity index (χ1n) is 5.05. The van der Waals surface area contributed by atoms with Crippen LogP contribution in [0.3, 0.4) is 0 Å². The quantitative estimate of drug-likeness (QED) is 0.742. The van der Waals surface area contributed by atoms with E-state index in [0.29, 0.717) is 12.2 Å². The predicted molar refractivity (Wildman–Crippen MR) is 54.1 cm³/mol. The zero-order valence-electron chi connectivity index (χ0n) is 8.02. The van der Waals surface area contributed by atoms with Crippen LogP contribution in [0.25, 0.3) is 0 Å². The maximum atomic E-state index is 10.5. The molecule has 0 aromatic heterocycles. The van der Waals surface area contributed by atoms with Gasteiger partial charge in [-0.05, 0) is 29.9 Å². The molecule has 1 aromatic rings. The van der Waals surface area contributed by atoms with Gasteiger partial charge < -0.3 is 9.90 Å². The van der Waals surface area contributed by atoms with Crippen molar-refractivity contribution in [3.63, 3.8) is 0 Å². The van der Waals surface area contributed by atoms with Crippen molar-refractivity contribution in [2.45, 2.75) is 31.3 Å². The third-order valence-electron chi connectivity index (χ3n) is 2.99. The fourth-order valence-electron chi connectivity index (χ4n) is 1.94. The van der Waals surface area contributed by atoms with Gasteiger partial charge in [-0.15, -0.1) is 0 Å². The number of hydrogen-bond donors (Lipinski definition) is 1. The lowest BCUT2D eigenvalue weighted by Crippen LogP contribution is -2.13. The minimum absolute atomic E-state index is 0.556. The average Bonchev–Trinajstić information content (AvgIpc) is 2.15. The number of hydrogen-bond acceptors (Lipinski definition) is 2. The molecule has 1 saturated carbocycles. The highest BCUT2D eigenvalue weighted by atomic mass is 16.3. The highest BCUT2D eigenvalue weighted by Gasteiger charge is 2.23. The fraction of sp³-hybridized carbons (Fsp3) is 0.417. The van der Waals surface area contributed by atoms with Gasteiger partial charge in [0.25, 0.3) is 0 Å². The summed E-state index contributed by atoms with van der Waals surface area (Å²) in [5.41, 5.74) is 1.94. The van der Waals surface area contributed by atoms with Crippen LogP contribution in [0, 0.1) is 0 Å². The van der Waals surface area contributed by atoms with Gasteiger partial charge in [-0.2, -0.15) is 0 Å². The van der Waals surface area contributed by atoms with Crippen LogP contribution in [0.2, 0.25) is 0 Å². The molecule has 2 heteroatoms. The molecule has 1 aromatic carbocycles. The predicted octanol–water partition coefficient (Wildman–Crippen LogP) is 2.19. The van der Waals surface area contributed by atoms with Gasteiger partial charge in [0.1, 0.15) is 6.10 Å². The lowest BCUT2D eigenvalue weighted by Gasteiger charge is -2.28. The van der Waals surface area contributed by atoms with Gasteiger partial charge in [-0.1, -0.05) is 30.7 Å². The zero-order valence-corrected chi connectivity index (χ0v) is 8.02. The average molecular weight is 190 g/mol. The highest BCUT2D eigenvalue weighted by Crippen LogP contribution is 2.39. The number of aldehydes is 1. The van der Waals surface area contributed by atoms with Crippen molar-refractivity contribution in [3.8, 4) is 0 Å². The Morgan fingerprint density at radius 1 is 1.36 bits per heavy atom. The van der Waals surface area contributed by atoms with Crippen LogP contribution >= 0.6 is 0 Å². The number of aliphatic hydroxyl groups excluding tert-OH is 1. The molecule has 1 fully saturated rings. The van der Waals surface area contributed by atoms with Crippen molar-refractivity contribution in [2.24, 2.45) is 0 Å². The standard InChI is InChI=1S/C12H14O2/c13-8-12(14)11-7-2-1-6-10(11)9-4-3-5-9/h1-2,6-9,12,14H,3-5H2. The summed E-state index contributed by atoms with van der Waals surface area (Å²) in [6.07, 6.45) is 3.27. The molecule has 1 N–H and O–H groups in total. The monoisotopic (exact) mass is 190 g/mol. The van der Waals surface area contributed by atoms with Crippen LogP contribution in [0.5, 0.6) is 0 Å². The first kappa shape index (κ1) is 9.41. The minimum atomic E-state index is -0.952.